The second-order valence-corrected chi connectivity index (χ2v) is 4.92. The Morgan fingerprint density at radius 3 is 2.20 bits per heavy atom. The van der Waals surface area contributed by atoms with Gasteiger partial charge in [0.05, 0.1) is 0 Å². The van der Waals surface area contributed by atoms with Crippen LogP contribution in [0.1, 0.15) is 5.69 Å². The van der Waals surface area contributed by atoms with Crippen molar-refractivity contribution in [3.63, 3.8) is 0 Å². The number of anilines is 3. The minimum Gasteiger partial charge on any atom is -0.365 e. The van der Waals surface area contributed by atoms with E-state index in [1.54, 1.807) is 0 Å². The molecule has 2 rings (SSSR count). The van der Waals surface area contributed by atoms with E-state index in [4.69, 9.17) is 0 Å². The molecule has 0 unspecified atom stereocenters. The van der Waals surface area contributed by atoms with Gasteiger partial charge in [0.1, 0.15) is 0 Å². The van der Waals surface area contributed by atoms with E-state index in [9.17, 15) is 0 Å². The molecule has 2 aromatic rings. The molecule has 0 aliphatic rings. The van der Waals surface area contributed by atoms with Gasteiger partial charge in [-0.1, -0.05) is 0 Å². The summed E-state index contributed by atoms with van der Waals surface area (Å²) in [7, 11) is 7.66. The first-order valence-corrected chi connectivity index (χ1v) is 6.53. The van der Waals surface area contributed by atoms with Crippen molar-refractivity contribution in [2.45, 2.75) is 6.42 Å². The first kappa shape index (κ1) is 14.1. The van der Waals surface area contributed by atoms with Crippen LogP contribution in [0.15, 0.2) is 18.3 Å². The van der Waals surface area contributed by atoms with Crippen LogP contribution in [0, 0.1) is 0 Å². The van der Waals surface area contributed by atoms with E-state index in [0.717, 1.165) is 13.0 Å². The van der Waals surface area contributed by atoms with Crippen LogP contribution in [0.3, 0.4) is 0 Å². The second kappa shape index (κ2) is 6.23. The summed E-state index contributed by atoms with van der Waals surface area (Å²) < 4.78 is 0. The second-order valence-electron chi connectivity index (χ2n) is 4.92. The molecule has 0 fully saturated rings. The van der Waals surface area contributed by atoms with Crippen molar-refractivity contribution in [3.8, 4) is 0 Å². The van der Waals surface area contributed by atoms with Crippen molar-refractivity contribution in [1.29, 1.82) is 0 Å². The standard InChI is InChI=1S/C13H21N7/c1-19(2)12-16-11(17-13(18-12)20(3)4)15-9-7-10-6-5-8-14-10/h5-6,8,14H,7,9H2,1-4H3,(H,15,16,17,18). The van der Waals surface area contributed by atoms with Crippen molar-refractivity contribution in [2.24, 2.45) is 0 Å². The molecular formula is C13H21N7. The Morgan fingerprint density at radius 2 is 1.70 bits per heavy atom. The summed E-state index contributed by atoms with van der Waals surface area (Å²) in [6.45, 7) is 0.768. The van der Waals surface area contributed by atoms with Crippen molar-refractivity contribution in [3.05, 3.63) is 24.0 Å². The van der Waals surface area contributed by atoms with Crippen LogP contribution in [-0.4, -0.2) is 54.7 Å². The molecule has 0 aliphatic carbocycles. The Labute approximate surface area is 119 Å². The van der Waals surface area contributed by atoms with Gasteiger partial charge in [-0.15, -0.1) is 0 Å². The quantitative estimate of drug-likeness (QED) is 0.819. The molecule has 20 heavy (non-hydrogen) atoms. The maximum absolute atomic E-state index is 4.39. The predicted molar refractivity (Wildman–Crippen MR) is 81.5 cm³/mol. The molecule has 0 bridgehead atoms. The van der Waals surface area contributed by atoms with Gasteiger partial charge in [-0.2, -0.15) is 15.0 Å². The van der Waals surface area contributed by atoms with Gasteiger partial charge in [-0.05, 0) is 12.1 Å². The van der Waals surface area contributed by atoms with Crippen molar-refractivity contribution in [2.75, 3.05) is 49.9 Å². The van der Waals surface area contributed by atoms with Crippen LogP contribution in [0.4, 0.5) is 17.8 Å². The Balaban J connectivity index is 2.06. The number of nitrogens with zero attached hydrogens (tertiary/aromatic N) is 5. The lowest BCUT2D eigenvalue weighted by Gasteiger charge is -2.16. The molecule has 2 aromatic heterocycles. The lowest BCUT2D eigenvalue weighted by atomic mass is 10.3. The number of hydrogen-bond acceptors (Lipinski definition) is 6. The lowest BCUT2D eigenvalue weighted by molar-refractivity contribution is 0.894. The summed E-state index contributed by atoms with van der Waals surface area (Å²) in [4.78, 5) is 20.1. The van der Waals surface area contributed by atoms with E-state index in [1.807, 2.05) is 50.3 Å². The summed E-state index contributed by atoms with van der Waals surface area (Å²) in [6, 6.07) is 4.05. The molecule has 2 N–H and O–H groups in total. The van der Waals surface area contributed by atoms with Gasteiger partial charge >= 0.3 is 0 Å². The summed E-state index contributed by atoms with van der Waals surface area (Å²) in [5.74, 6) is 1.89. The van der Waals surface area contributed by atoms with Crippen molar-refractivity contribution < 1.29 is 0 Å². The number of rotatable bonds is 6. The predicted octanol–water partition coefficient (Wildman–Crippen LogP) is 0.986. The minimum absolute atomic E-state index is 0.596. The molecule has 0 radical (unpaired) electrons. The van der Waals surface area contributed by atoms with Crippen LogP contribution in [0.5, 0.6) is 0 Å². The smallest absolute Gasteiger partial charge is 0.231 e. The summed E-state index contributed by atoms with van der Waals surface area (Å²) in [5, 5.41) is 3.24. The fraction of sp³-hybridized carbons (Fsp3) is 0.462. The van der Waals surface area contributed by atoms with Gasteiger partial charge in [-0.25, -0.2) is 0 Å². The summed E-state index contributed by atoms with van der Waals surface area (Å²) in [5.41, 5.74) is 1.19. The molecule has 0 aromatic carbocycles. The molecule has 108 valence electrons. The molecule has 7 heteroatoms. The number of nitrogens with one attached hydrogen (secondary N) is 2. The third-order valence-electron chi connectivity index (χ3n) is 2.75. The highest BCUT2D eigenvalue weighted by Gasteiger charge is 2.09. The van der Waals surface area contributed by atoms with Crippen LogP contribution in [0.2, 0.25) is 0 Å². The zero-order valence-electron chi connectivity index (χ0n) is 12.4. The van der Waals surface area contributed by atoms with E-state index in [1.165, 1.54) is 5.69 Å². The molecule has 0 saturated carbocycles. The first-order chi connectivity index (χ1) is 9.56. The summed E-state index contributed by atoms with van der Waals surface area (Å²) in [6.07, 6.45) is 2.82. The van der Waals surface area contributed by atoms with E-state index in [2.05, 4.69) is 31.3 Å². The average molecular weight is 275 g/mol. The zero-order chi connectivity index (χ0) is 14.5. The van der Waals surface area contributed by atoms with E-state index in [-0.39, 0.29) is 0 Å². The van der Waals surface area contributed by atoms with Gasteiger partial charge < -0.3 is 20.1 Å². The largest absolute Gasteiger partial charge is 0.365 e. The highest BCUT2D eigenvalue weighted by molar-refractivity contribution is 5.43. The summed E-state index contributed by atoms with van der Waals surface area (Å²) >= 11 is 0. The molecule has 0 saturated heterocycles. The molecule has 0 amide bonds. The first-order valence-electron chi connectivity index (χ1n) is 6.53. The van der Waals surface area contributed by atoms with Crippen molar-refractivity contribution >= 4 is 17.8 Å². The van der Waals surface area contributed by atoms with Crippen molar-refractivity contribution in [1.82, 2.24) is 19.9 Å². The third-order valence-corrected chi connectivity index (χ3v) is 2.75. The number of aromatic amines is 1. The number of aromatic nitrogens is 4. The van der Waals surface area contributed by atoms with Gasteiger partial charge in [0.2, 0.25) is 17.8 Å². The van der Waals surface area contributed by atoms with E-state index < -0.39 is 0 Å². The van der Waals surface area contributed by atoms with E-state index >= 15 is 0 Å². The Morgan fingerprint density at radius 1 is 1.05 bits per heavy atom. The fourth-order valence-electron chi connectivity index (χ4n) is 1.66. The number of hydrogen-bond donors (Lipinski definition) is 2. The normalized spacial score (nSPS) is 10.4. The van der Waals surface area contributed by atoms with Crippen LogP contribution < -0.4 is 15.1 Å². The Kier molecular flexibility index (Phi) is 4.39. The maximum atomic E-state index is 4.39. The average Bonchev–Trinajstić information content (AvgIpc) is 2.91. The van der Waals surface area contributed by atoms with Crippen LogP contribution in [0.25, 0.3) is 0 Å². The highest BCUT2D eigenvalue weighted by Crippen LogP contribution is 2.13. The third kappa shape index (κ3) is 3.59. The monoisotopic (exact) mass is 275 g/mol. The van der Waals surface area contributed by atoms with Gasteiger partial charge in [0.15, 0.2) is 0 Å². The molecule has 0 aliphatic heterocycles. The zero-order valence-corrected chi connectivity index (χ0v) is 12.4. The molecule has 0 spiro atoms. The topological polar surface area (TPSA) is 73.0 Å². The molecular weight excluding hydrogens is 254 g/mol. The van der Waals surface area contributed by atoms with E-state index in [0.29, 0.717) is 17.8 Å². The van der Waals surface area contributed by atoms with Gasteiger partial charge in [0.25, 0.3) is 0 Å². The SMILES string of the molecule is CN(C)c1nc(NCCc2ccc[nH]2)nc(N(C)C)n1. The minimum atomic E-state index is 0.596. The Hall–Kier alpha value is -2.31. The van der Waals surface area contributed by atoms with Gasteiger partial charge in [0, 0.05) is 53.0 Å². The van der Waals surface area contributed by atoms with Crippen LogP contribution >= 0.6 is 0 Å². The Bertz CT molecular complexity index is 507. The van der Waals surface area contributed by atoms with Crippen LogP contribution in [-0.2, 0) is 6.42 Å². The molecule has 7 nitrogen and oxygen atoms in total. The maximum Gasteiger partial charge on any atom is 0.231 e. The van der Waals surface area contributed by atoms with Gasteiger partial charge in [-0.3, -0.25) is 0 Å². The highest BCUT2D eigenvalue weighted by atomic mass is 15.3. The fourth-order valence-corrected chi connectivity index (χ4v) is 1.66. The molecule has 2 heterocycles. The number of H-pyrrole nitrogens is 1. The lowest BCUT2D eigenvalue weighted by Crippen LogP contribution is -2.20. The molecule has 0 atom stereocenters.